The molecule has 1 aromatic heterocycles. The summed E-state index contributed by atoms with van der Waals surface area (Å²) >= 11 is 4.48. The number of nitriles is 1. The molecule has 136 valence electrons. The van der Waals surface area contributed by atoms with E-state index in [1.54, 1.807) is 26.2 Å². The van der Waals surface area contributed by atoms with Gasteiger partial charge in [0.05, 0.1) is 30.0 Å². The molecule has 0 fully saturated rings. The molecular formula is C17H17BrN4O3S. The van der Waals surface area contributed by atoms with Crippen molar-refractivity contribution in [2.75, 3.05) is 19.5 Å². The van der Waals surface area contributed by atoms with Crippen molar-refractivity contribution < 1.29 is 14.3 Å². The van der Waals surface area contributed by atoms with Crippen LogP contribution in [0.25, 0.3) is 0 Å². The normalized spacial score (nSPS) is 10.6. The van der Waals surface area contributed by atoms with Gasteiger partial charge >= 0.3 is 0 Å². The van der Waals surface area contributed by atoms with Crippen LogP contribution in [0.1, 0.15) is 33.3 Å². The van der Waals surface area contributed by atoms with E-state index in [1.165, 1.54) is 6.21 Å². The van der Waals surface area contributed by atoms with Crippen LogP contribution in [-0.4, -0.2) is 25.8 Å². The highest BCUT2D eigenvalue weighted by molar-refractivity contribution is 9.10. The summed E-state index contributed by atoms with van der Waals surface area (Å²) in [5, 5.41) is 13.3. The van der Waals surface area contributed by atoms with Crippen molar-refractivity contribution in [3.05, 3.63) is 38.2 Å². The first-order valence-electron chi connectivity index (χ1n) is 7.55. The zero-order valence-electron chi connectivity index (χ0n) is 14.4. The molecule has 2 aromatic rings. The third-order valence-electron chi connectivity index (χ3n) is 3.41. The lowest BCUT2D eigenvalue weighted by atomic mass is 10.2. The van der Waals surface area contributed by atoms with E-state index in [9.17, 15) is 4.79 Å². The summed E-state index contributed by atoms with van der Waals surface area (Å²) in [5.41, 5.74) is 9.77. The molecule has 0 atom stereocenters. The maximum Gasteiger partial charge on any atom is 0.281 e. The van der Waals surface area contributed by atoms with Crippen molar-refractivity contribution in [1.29, 1.82) is 5.26 Å². The smallest absolute Gasteiger partial charge is 0.281 e. The van der Waals surface area contributed by atoms with E-state index in [2.05, 4.69) is 26.5 Å². The largest absolute Gasteiger partial charge is 0.492 e. The second-order valence-electron chi connectivity index (χ2n) is 5.07. The first kappa shape index (κ1) is 19.8. The second kappa shape index (κ2) is 8.69. The van der Waals surface area contributed by atoms with Crippen LogP contribution in [0.5, 0.6) is 11.5 Å². The van der Waals surface area contributed by atoms with E-state index in [-0.39, 0.29) is 0 Å². The lowest BCUT2D eigenvalue weighted by Crippen LogP contribution is -2.17. The number of ether oxygens (including phenoxy) is 2. The number of carbonyl (C=O) groups excluding carboxylic acids is 1. The summed E-state index contributed by atoms with van der Waals surface area (Å²) in [5.74, 6) is 0.731. The minimum atomic E-state index is -0.422. The van der Waals surface area contributed by atoms with E-state index >= 15 is 0 Å². The Morgan fingerprint density at radius 1 is 1.54 bits per heavy atom. The summed E-state index contributed by atoms with van der Waals surface area (Å²) in [6, 6.07) is 5.54. The fourth-order valence-corrected chi connectivity index (χ4v) is 3.77. The Hall–Kier alpha value is -2.57. The fraction of sp³-hybridized carbons (Fsp3) is 0.235. The molecule has 0 aliphatic carbocycles. The third-order valence-corrected chi connectivity index (χ3v) is 5.12. The zero-order chi connectivity index (χ0) is 19.3. The summed E-state index contributed by atoms with van der Waals surface area (Å²) < 4.78 is 11.5. The Kier molecular flexibility index (Phi) is 6.60. The molecule has 3 N–H and O–H groups in total. The van der Waals surface area contributed by atoms with Crippen molar-refractivity contribution in [2.24, 2.45) is 5.10 Å². The van der Waals surface area contributed by atoms with E-state index in [4.69, 9.17) is 20.5 Å². The molecule has 0 unspecified atom stereocenters. The van der Waals surface area contributed by atoms with Gasteiger partial charge in [-0.15, -0.1) is 11.3 Å². The van der Waals surface area contributed by atoms with Crippen LogP contribution in [0.3, 0.4) is 0 Å². The van der Waals surface area contributed by atoms with Gasteiger partial charge in [-0.25, -0.2) is 5.43 Å². The number of thiophene rings is 1. The monoisotopic (exact) mass is 436 g/mol. The number of nitrogens with two attached hydrogens (primary N) is 1. The van der Waals surface area contributed by atoms with Crippen molar-refractivity contribution in [2.45, 2.75) is 13.8 Å². The van der Waals surface area contributed by atoms with Gasteiger partial charge in [0, 0.05) is 0 Å². The molecule has 0 radical (unpaired) electrons. The van der Waals surface area contributed by atoms with Crippen LogP contribution in [-0.2, 0) is 0 Å². The number of nitrogens with zero attached hydrogens (tertiary/aromatic N) is 2. The van der Waals surface area contributed by atoms with Crippen LogP contribution in [0.2, 0.25) is 0 Å². The average molecular weight is 437 g/mol. The Balaban J connectivity index is 2.18. The maximum atomic E-state index is 12.2. The number of hydrogen-bond donors (Lipinski definition) is 2. The van der Waals surface area contributed by atoms with Crippen molar-refractivity contribution in [1.82, 2.24) is 5.43 Å². The Labute approximate surface area is 163 Å². The van der Waals surface area contributed by atoms with Crippen molar-refractivity contribution >= 4 is 44.4 Å². The van der Waals surface area contributed by atoms with Crippen molar-refractivity contribution in [3.63, 3.8) is 0 Å². The Bertz CT molecular complexity index is 902. The number of hydrogen-bond acceptors (Lipinski definition) is 7. The minimum Gasteiger partial charge on any atom is -0.492 e. The minimum absolute atomic E-state index is 0.319. The second-order valence-corrected chi connectivity index (χ2v) is 6.98. The number of anilines is 1. The third kappa shape index (κ3) is 4.15. The number of halogens is 1. The number of methoxy groups -OCH3 is 1. The molecule has 7 nitrogen and oxygen atoms in total. The lowest BCUT2D eigenvalue weighted by molar-refractivity contribution is 0.0958. The molecule has 1 aromatic carbocycles. The molecule has 0 saturated carbocycles. The summed E-state index contributed by atoms with van der Waals surface area (Å²) in [6.45, 7) is 4.04. The van der Waals surface area contributed by atoms with Gasteiger partial charge in [0.1, 0.15) is 15.9 Å². The number of rotatable bonds is 6. The van der Waals surface area contributed by atoms with E-state index in [0.717, 1.165) is 11.3 Å². The van der Waals surface area contributed by atoms with Crippen LogP contribution >= 0.6 is 27.3 Å². The van der Waals surface area contributed by atoms with Crippen LogP contribution in [0.15, 0.2) is 21.7 Å². The predicted octanol–water partition coefficient (Wildman–Crippen LogP) is 3.44. The van der Waals surface area contributed by atoms with Gasteiger partial charge in [0.15, 0.2) is 11.5 Å². The maximum absolute atomic E-state index is 12.2. The summed E-state index contributed by atoms with van der Waals surface area (Å²) in [6.07, 6.45) is 1.49. The Morgan fingerprint density at radius 2 is 2.27 bits per heavy atom. The number of nitrogens with one attached hydrogen (secondary N) is 1. The van der Waals surface area contributed by atoms with E-state index in [1.807, 2.05) is 13.0 Å². The highest BCUT2D eigenvalue weighted by atomic mass is 79.9. The molecule has 0 bridgehead atoms. The quantitative estimate of drug-likeness (QED) is 0.532. The zero-order valence-corrected chi connectivity index (χ0v) is 16.8. The molecule has 26 heavy (non-hydrogen) atoms. The van der Waals surface area contributed by atoms with Gasteiger partial charge in [0.2, 0.25) is 0 Å². The fourth-order valence-electron chi connectivity index (χ4n) is 2.23. The molecular weight excluding hydrogens is 420 g/mol. The van der Waals surface area contributed by atoms with Gasteiger partial charge in [-0.2, -0.15) is 10.4 Å². The number of hydrazone groups is 1. The summed E-state index contributed by atoms with van der Waals surface area (Å²) in [4.78, 5) is 12.6. The molecule has 0 saturated heterocycles. The van der Waals surface area contributed by atoms with Crippen molar-refractivity contribution in [3.8, 4) is 17.6 Å². The molecule has 2 rings (SSSR count). The number of amides is 1. The number of benzene rings is 1. The first-order valence-corrected chi connectivity index (χ1v) is 9.16. The molecule has 9 heteroatoms. The number of nitrogen functional groups attached to an aromatic ring is 1. The highest BCUT2D eigenvalue weighted by Crippen LogP contribution is 2.36. The van der Waals surface area contributed by atoms with Gasteiger partial charge in [0.25, 0.3) is 5.91 Å². The van der Waals surface area contributed by atoms with Gasteiger partial charge in [-0.1, -0.05) is 0 Å². The molecule has 0 spiro atoms. The highest BCUT2D eigenvalue weighted by Gasteiger charge is 2.18. The lowest BCUT2D eigenvalue weighted by Gasteiger charge is -2.11. The molecule has 1 amide bonds. The molecule has 1 heterocycles. The van der Waals surface area contributed by atoms with Crippen LogP contribution < -0.4 is 20.6 Å². The Morgan fingerprint density at radius 3 is 2.85 bits per heavy atom. The molecule has 0 aliphatic heterocycles. The van der Waals surface area contributed by atoms with Gasteiger partial charge in [-0.05, 0) is 53.0 Å². The van der Waals surface area contributed by atoms with E-state index < -0.39 is 5.91 Å². The summed E-state index contributed by atoms with van der Waals surface area (Å²) in [7, 11) is 1.56. The topological polar surface area (TPSA) is 110 Å². The number of carbonyl (C=O) groups is 1. The first-order chi connectivity index (χ1) is 12.4. The van der Waals surface area contributed by atoms with Gasteiger partial charge < -0.3 is 15.2 Å². The SMILES string of the molecule is CCOc1cc(/C=N\NC(=O)c2sc(N)c(C#N)c2C)cc(Br)c1OC. The average Bonchev–Trinajstić information content (AvgIpc) is 2.89. The van der Waals surface area contributed by atoms with Gasteiger partial charge in [-0.3, -0.25) is 4.79 Å². The van der Waals surface area contributed by atoms with Crippen LogP contribution in [0, 0.1) is 18.3 Å². The standard InChI is InChI=1S/C17H17BrN4O3S/c1-4-25-13-6-10(5-12(18)14(13)24-3)8-21-22-17(23)15-9(2)11(7-19)16(20)26-15/h5-6,8H,4,20H2,1-3H3,(H,22,23)/b21-8-. The predicted molar refractivity (Wildman–Crippen MR) is 105 cm³/mol. The van der Waals surface area contributed by atoms with E-state index in [0.29, 0.717) is 49.1 Å². The molecule has 0 aliphatic rings. The van der Waals surface area contributed by atoms with Crippen LogP contribution in [0.4, 0.5) is 5.00 Å².